The second-order valence-electron chi connectivity index (χ2n) is 7.71. The van der Waals surface area contributed by atoms with Gasteiger partial charge in [-0.05, 0) is 58.6 Å². The number of nitrogens with zero attached hydrogens (tertiary/aromatic N) is 3. The molecule has 1 aromatic carbocycles. The van der Waals surface area contributed by atoms with Crippen molar-refractivity contribution in [1.29, 1.82) is 0 Å². The van der Waals surface area contributed by atoms with Crippen LogP contribution in [0.4, 0.5) is 0 Å². The number of piperazine rings is 1. The molecular formula is C21H29ClN4O. The molecule has 1 amide bonds. The van der Waals surface area contributed by atoms with E-state index in [0.717, 1.165) is 38.0 Å². The van der Waals surface area contributed by atoms with Crippen LogP contribution in [-0.4, -0.2) is 45.8 Å². The zero-order chi connectivity index (χ0) is 18.3. The van der Waals surface area contributed by atoms with E-state index in [9.17, 15) is 4.79 Å². The number of amides is 1. The van der Waals surface area contributed by atoms with Crippen LogP contribution in [0.1, 0.15) is 54.0 Å². The molecule has 2 atom stereocenters. The molecule has 6 heteroatoms. The Morgan fingerprint density at radius 3 is 2.59 bits per heavy atom. The SMILES string of the molecule is Cc1ccc(-n2nc(C(=O)N3CCNC(C)C3C)c3c2CCCC3)cc1.Cl. The first-order chi connectivity index (χ1) is 12.6. The van der Waals surface area contributed by atoms with Crippen molar-refractivity contribution in [2.45, 2.75) is 58.5 Å². The second kappa shape index (κ2) is 8.03. The first kappa shape index (κ1) is 19.9. The van der Waals surface area contributed by atoms with Gasteiger partial charge in [0.1, 0.15) is 0 Å². The monoisotopic (exact) mass is 388 g/mol. The molecule has 1 aromatic heterocycles. The van der Waals surface area contributed by atoms with Gasteiger partial charge in [-0.1, -0.05) is 17.7 Å². The van der Waals surface area contributed by atoms with Gasteiger partial charge in [0.2, 0.25) is 0 Å². The van der Waals surface area contributed by atoms with Crippen molar-refractivity contribution < 1.29 is 4.79 Å². The van der Waals surface area contributed by atoms with Gasteiger partial charge >= 0.3 is 0 Å². The second-order valence-corrected chi connectivity index (χ2v) is 7.71. The summed E-state index contributed by atoms with van der Waals surface area (Å²) in [6.45, 7) is 7.95. The van der Waals surface area contributed by atoms with E-state index >= 15 is 0 Å². The Labute approximate surface area is 167 Å². The molecule has 2 heterocycles. The third-order valence-corrected chi connectivity index (χ3v) is 5.96. The van der Waals surface area contributed by atoms with Crippen LogP contribution in [-0.2, 0) is 12.8 Å². The van der Waals surface area contributed by atoms with Crippen LogP contribution in [0, 0.1) is 6.92 Å². The van der Waals surface area contributed by atoms with Gasteiger partial charge in [-0.2, -0.15) is 5.10 Å². The zero-order valence-electron chi connectivity index (χ0n) is 16.4. The van der Waals surface area contributed by atoms with Crippen molar-refractivity contribution in [3.8, 4) is 5.69 Å². The molecule has 1 fully saturated rings. The van der Waals surface area contributed by atoms with E-state index in [1.165, 1.54) is 23.2 Å². The minimum absolute atomic E-state index is 0. The minimum Gasteiger partial charge on any atom is -0.332 e. The number of benzene rings is 1. The van der Waals surface area contributed by atoms with Gasteiger partial charge in [0.15, 0.2) is 5.69 Å². The maximum absolute atomic E-state index is 13.3. The molecule has 2 aliphatic rings. The van der Waals surface area contributed by atoms with E-state index in [-0.39, 0.29) is 24.4 Å². The predicted octanol–water partition coefficient (Wildman–Crippen LogP) is 3.30. The number of aromatic nitrogens is 2. The molecule has 1 saturated heterocycles. The number of carbonyl (C=O) groups excluding carboxylic acids is 1. The molecule has 146 valence electrons. The summed E-state index contributed by atoms with van der Waals surface area (Å²) in [5.41, 5.74) is 5.34. The predicted molar refractivity (Wildman–Crippen MR) is 110 cm³/mol. The van der Waals surface area contributed by atoms with E-state index in [1.807, 2.05) is 9.58 Å². The first-order valence-electron chi connectivity index (χ1n) is 9.78. The van der Waals surface area contributed by atoms with Gasteiger partial charge in [0, 0.05) is 36.4 Å². The topological polar surface area (TPSA) is 50.2 Å². The lowest BCUT2D eigenvalue weighted by Crippen LogP contribution is -2.57. The fourth-order valence-electron chi connectivity index (χ4n) is 4.15. The maximum atomic E-state index is 13.3. The Kier molecular flexibility index (Phi) is 5.92. The molecule has 0 saturated carbocycles. The van der Waals surface area contributed by atoms with E-state index < -0.39 is 0 Å². The number of nitrogens with one attached hydrogen (secondary N) is 1. The normalized spacial score (nSPS) is 22.1. The summed E-state index contributed by atoms with van der Waals surface area (Å²) in [7, 11) is 0. The standard InChI is InChI=1S/C21H28N4O.ClH/c1-14-8-10-17(11-9-14)25-19-7-5-4-6-18(19)20(23-25)21(26)24-13-12-22-15(2)16(24)3;/h8-11,15-16,22H,4-7,12-13H2,1-3H3;1H. The molecule has 2 aromatic rings. The summed E-state index contributed by atoms with van der Waals surface area (Å²) >= 11 is 0. The van der Waals surface area contributed by atoms with Crippen molar-refractivity contribution in [2.24, 2.45) is 0 Å². The number of hydrogen-bond donors (Lipinski definition) is 1. The van der Waals surface area contributed by atoms with Crippen LogP contribution in [0.2, 0.25) is 0 Å². The summed E-state index contributed by atoms with van der Waals surface area (Å²) in [6.07, 6.45) is 4.26. The summed E-state index contributed by atoms with van der Waals surface area (Å²) < 4.78 is 2.01. The lowest BCUT2D eigenvalue weighted by Gasteiger charge is -2.38. The number of fused-ring (bicyclic) bond motifs is 1. The molecule has 0 bridgehead atoms. The molecule has 5 nitrogen and oxygen atoms in total. The van der Waals surface area contributed by atoms with Gasteiger partial charge < -0.3 is 10.2 Å². The van der Waals surface area contributed by atoms with Gasteiger partial charge in [-0.15, -0.1) is 12.4 Å². The van der Waals surface area contributed by atoms with Crippen molar-refractivity contribution in [3.63, 3.8) is 0 Å². The summed E-state index contributed by atoms with van der Waals surface area (Å²) in [5, 5.41) is 8.28. The van der Waals surface area contributed by atoms with Crippen LogP contribution in [0.5, 0.6) is 0 Å². The summed E-state index contributed by atoms with van der Waals surface area (Å²) in [5.74, 6) is 0.0925. The molecule has 0 spiro atoms. The molecule has 4 rings (SSSR count). The van der Waals surface area contributed by atoms with Crippen LogP contribution in [0.25, 0.3) is 5.69 Å². The van der Waals surface area contributed by atoms with Crippen LogP contribution in [0.15, 0.2) is 24.3 Å². The minimum atomic E-state index is 0. The Bertz CT molecular complexity index is 814. The number of aryl methyl sites for hydroxylation is 1. The Hall–Kier alpha value is -1.85. The van der Waals surface area contributed by atoms with Crippen LogP contribution < -0.4 is 5.32 Å². The third kappa shape index (κ3) is 3.63. The number of halogens is 1. The summed E-state index contributed by atoms with van der Waals surface area (Å²) in [6, 6.07) is 8.89. The molecule has 2 unspecified atom stereocenters. The number of hydrogen-bond acceptors (Lipinski definition) is 3. The highest BCUT2D eigenvalue weighted by molar-refractivity contribution is 5.94. The van der Waals surface area contributed by atoms with Gasteiger partial charge in [-0.3, -0.25) is 4.79 Å². The fourth-order valence-corrected chi connectivity index (χ4v) is 4.15. The number of rotatable bonds is 2. The van der Waals surface area contributed by atoms with Crippen molar-refractivity contribution in [3.05, 3.63) is 46.8 Å². The zero-order valence-corrected chi connectivity index (χ0v) is 17.2. The lowest BCUT2D eigenvalue weighted by atomic mass is 9.94. The highest BCUT2D eigenvalue weighted by Gasteiger charge is 2.33. The van der Waals surface area contributed by atoms with Gasteiger partial charge in [0.25, 0.3) is 5.91 Å². The quantitative estimate of drug-likeness (QED) is 0.858. The Morgan fingerprint density at radius 2 is 1.85 bits per heavy atom. The molecule has 0 radical (unpaired) electrons. The van der Waals surface area contributed by atoms with E-state index in [1.54, 1.807) is 0 Å². The average molecular weight is 389 g/mol. The van der Waals surface area contributed by atoms with E-state index in [4.69, 9.17) is 5.10 Å². The van der Waals surface area contributed by atoms with Gasteiger partial charge in [0.05, 0.1) is 5.69 Å². The van der Waals surface area contributed by atoms with Gasteiger partial charge in [-0.25, -0.2) is 4.68 Å². The smallest absolute Gasteiger partial charge is 0.275 e. The molecule has 1 aliphatic carbocycles. The molecule has 1 aliphatic heterocycles. The molecule has 27 heavy (non-hydrogen) atoms. The lowest BCUT2D eigenvalue weighted by molar-refractivity contribution is 0.0595. The highest BCUT2D eigenvalue weighted by Crippen LogP contribution is 2.28. The van der Waals surface area contributed by atoms with Crippen LogP contribution >= 0.6 is 12.4 Å². The Balaban J connectivity index is 0.00000210. The average Bonchev–Trinajstić information content (AvgIpc) is 3.04. The van der Waals surface area contributed by atoms with E-state index in [2.05, 4.69) is 50.4 Å². The summed E-state index contributed by atoms with van der Waals surface area (Å²) in [4.78, 5) is 15.3. The Morgan fingerprint density at radius 1 is 1.15 bits per heavy atom. The van der Waals surface area contributed by atoms with E-state index in [0.29, 0.717) is 11.7 Å². The molecular weight excluding hydrogens is 360 g/mol. The van der Waals surface area contributed by atoms with Crippen molar-refractivity contribution >= 4 is 18.3 Å². The maximum Gasteiger partial charge on any atom is 0.275 e. The largest absolute Gasteiger partial charge is 0.332 e. The highest BCUT2D eigenvalue weighted by atomic mass is 35.5. The molecule has 1 N–H and O–H groups in total. The number of carbonyl (C=O) groups is 1. The van der Waals surface area contributed by atoms with Crippen LogP contribution in [0.3, 0.4) is 0 Å². The van der Waals surface area contributed by atoms with Crippen molar-refractivity contribution in [1.82, 2.24) is 20.0 Å². The third-order valence-electron chi connectivity index (χ3n) is 5.96. The van der Waals surface area contributed by atoms with Crippen molar-refractivity contribution in [2.75, 3.05) is 13.1 Å². The fraction of sp³-hybridized carbons (Fsp3) is 0.524. The first-order valence-corrected chi connectivity index (χ1v) is 9.78.